The summed E-state index contributed by atoms with van der Waals surface area (Å²) in [6, 6.07) is 25.1. The Labute approximate surface area is 240 Å². The molecule has 193 valence electrons. The van der Waals surface area contributed by atoms with Gasteiger partial charge in [-0.3, -0.25) is 0 Å². The number of hydrogen-bond acceptors (Lipinski definition) is 3. The van der Waals surface area contributed by atoms with E-state index in [9.17, 15) is 13.6 Å². The van der Waals surface area contributed by atoms with Crippen molar-refractivity contribution in [3.63, 3.8) is 0 Å². The Bertz CT molecular complexity index is 1280. The Morgan fingerprint density at radius 2 is 1.68 bits per heavy atom. The van der Waals surface area contributed by atoms with Gasteiger partial charge in [0.2, 0.25) is 0 Å². The van der Waals surface area contributed by atoms with E-state index in [-0.39, 0.29) is 38.0 Å². The number of amidine groups is 1. The molecule has 0 amide bonds. The van der Waals surface area contributed by atoms with Gasteiger partial charge in [-0.05, 0) is 0 Å². The summed E-state index contributed by atoms with van der Waals surface area (Å²) >= 11 is 0.191. The molecule has 0 bridgehead atoms. The number of aldehydes is 1. The first-order valence-corrected chi connectivity index (χ1v) is 15.5. The van der Waals surface area contributed by atoms with Crippen LogP contribution >= 0.6 is 0 Å². The average molecular weight is 701 g/mol. The van der Waals surface area contributed by atoms with E-state index >= 15 is 0 Å². The zero-order chi connectivity index (χ0) is 27.3. The van der Waals surface area contributed by atoms with Crippen LogP contribution in [-0.4, -0.2) is 39.6 Å². The average Bonchev–Trinajstić information content (AvgIpc) is 2.91. The van der Waals surface area contributed by atoms with Crippen molar-refractivity contribution in [2.75, 3.05) is 20.1 Å². The molecule has 1 aliphatic rings. The van der Waals surface area contributed by atoms with Crippen molar-refractivity contribution in [1.82, 2.24) is 9.80 Å². The molecule has 0 aromatic heterocycles. The number of hydrogen-bond donors (Lipinski definition) is 0. The standard InChI is InChI=1S/C31H32F2N3O.Hg/c1-31(2,33)27-14-15-28(32)25(18-27)19-36-17-16-29(26(20-36)21-37)34-22-35(3)30(23-10-6-4-7-11-23)24-12-8-5-9-13-24;/h4-15,18,21,30H,16-17,19-20H2,1-3H3;. The van der Waals surface area contributed by atoms with Crippen molar-refractivity contribution in [1.29, 1.82) is 0 Å². The van der Waals surface area contributed by atoms with Crippen LogP contribution in [0.15, 0.2) is 95.1 Å². The zero-order valence-electron chi connectivity index (χ0n) is 22.2. The van der Waals surface area contributed by atoms with Crippen molar-refractivity contribution in [2.45, 2.75) is 38.5 Å². The van der Waals surface area contributed by atoms with E-state index in [0.717, 1.165) is 15.3 Å². The van der Waals surface area contributed by atoms with Gasteiger partial charge >= 0.3 is 241 Å². The third-order valence-corrected chi connectivity index (χ3v) is 9.54. The van der Waals surface area contributed by atoms with Gasteiger partial charge in [0.05, 0.1) is 0 Å². The van der Waals surface area contributed by atoms with E-state index in [2.05, 4.69) is 36.2 Å². The molecule has 3 aromatic carbocycles. The first-order valence-electron chi connectivity index (χ1n) is 12.8. The predicted molar refractivity (Wildman–Crippen MR) is 143 cm³/mol. The molecule has 0 spiro atoms. The molecule has 0 unspecified atom stereocenters. The van der Waals surface area contributed by atoms with Crippen LogP contribution in [0.2, 0.25) is 0 Å². The predicted octanol–water partition coefficient (Wildman–Crippen LogP) is 6.31. The van der Waals surface area contributed by atoms with Crippen LogP contribution in [0.1, 0.15) is 48.6 Å². The molecule has 4 nitrogen and oxygen atoms in total. The summed E-state index contributed by atoms with van der Waals surface area (Å²) in [4.78, 5) is 21.3. The van der Waals surface area contributed by atoms with E-state index in [1.54, 1.807) is 6.07 Å². The van der Waals surface area contributed by atoms with Crippen LogP contribution in [0.5, 0.6) is 0 Å². The van der Waals surface area contributed by atoms with E-state index < -0.39 is 5.67 Å². The van der Waals surface area contributed by atoms with Gasteiger partial charge in [-0.15, -0.1) is 0 Å². The van der Waals surface area contributed by atoms with Crippen molar-refractivity contribution in [3.8, 4) is 0 Å². The first kappa shape index (κ1) is 28.3. The minimum atomic E-state index is -1.55. The maximum atomic E-state index is 14.5. The molecule has 7 heteroatoms. The van der Waals surface area contributed by atoms with Gasteiger partial charge in [-0.25, -0.2) is 0 Å². The van der Waals surface area contributed by atoms with Crippen LogP contribution in [0.3, 0.4) is 0 Å². The molecule has 0 N–H and O–H groups in total. The third-order valence-electron chi connectivity index (χ3n) is 6.99. The van der Waals surface area contributed by atoms with Crippen LogP contribution in [0, 0.1) is 5.82 Å². The van der Waals surface area contributed by atoms with Gasteiger partial charge in [0.25, 0.3) is 0 Å². The van der Waals surface area contributed by atoms with Gasteiger partial charge in [0.15, 0.2) is 0 Å². The van der Waals surface area contributed by atoms with Crippen LogP contribution in [0.4, 0.5) is 8.78 Å². The summed E-state index contributed by atoms with van der Waals surface area (Å²) in [5.74, 6) is -0.364. The van der Waals surface area contributed by atoms with Gasteiger partial charge in [0.1, 0.15) is 0 Å². The summed E-state index contributed by atoms with van der Waals surface area (Å²) in [5.41, 5.74) is 3.11. The topological polar surface area (TPSA) is 35.9 Å². The molecule has 4 rings (SSSR count). The molecule has 0 aliphatic carbocycles. The third kappa shape index (κ3) is 6.83. The number of halogens is 2. The van der Waals surface area contributed by atoms with E-state index in [0.29, 0.717) is 42.8 Å². The number of alkyl halides is 1. The van der Waals surface area contributed by atoms with Crippen LogP contribution < -0.4 is 0 Å². The van der Waals surface area contributed by atoms with Crippen molar-refractivity contribution in [2.24, 2.45) is 4.99 Å². The molecule has 0 atom stereocenters. The minimum absolute atomic E-state index is 0.0176. The number of carbonyl (C=O) groups excluding carboxylic acids is 1. The maximum absolute atomic E-state index is 14.5. The first-order chi connectivity index (χ1) is 18.2. The summed E-state index contributed by atoms with van der Waals surface area (Å²) in [7, 11) is 2.06. The summed E-state index contributed by atoms with van der Waals surface area (Å²) in [6.45, 7) is 4.27. The normalized spacial score (nSPS) is 15.2. The molecule has 0 fully saturated rings. The second-order valence-electron chi connectivity index (χ2n) is 10.2. The zero-order valence-corrected chi connectivity index (χ0v) is 27.7. The number of nitrogens with zero attached hydrogens (tertiary/aromatic N) is 3. The Kier molecular flexibility index (Phi) is 9.26. The van der Waals surface area contributed by atoms with Crippen LogP contribution in [-0.2, 0) is 43.1 Å². The second kappa shape index (κ2) is 12.4. The Morgan fingerprint density at radius 1 is 1.08 bits per heavy atom. The van der Waals surface area contributed by atoms with Gasteiger partial charge in [-0.2, -0.15) is 0 Å². The van der Waals surface area contributed by atoms with Crippen molar-refractivity contribution in [3.05, 3.63) is 118 Å². The number of benzene rings is 3. The fourth-order valence-electron chi connectivity index (χ4n) is 4.80. The van der Waals surface area contributed by atoms with Gasteiger partial charge in [-0.1, -0.05) is 0 Å². The monoisotopic (exact) mass is 702 g/mol. The molecular formula is C31H32F2HgN3O. The van der Waals surface area contributed by atoms with Crippen LogP contribution in [0.25, 0.3) is 0 Å². The molecule has 3 aromatic rings. The fraction of sp³-hybridized carbons (Fsp3) is 0.290. The molecule has 1 heterocycles. The van der Waals surface area contributed by atoms with E-state index in [4.69, 9.17) is 4.99 Å². The fourth-order valence-corrected chi connectivity index (χ4v) is 6.26. The quantitative estimate of drug-likeness (QED) is 0.120. The molecule has 0 saturated carbocycles. The Hall–Kier alpha value is -2.70. The molecule has 1 aliphatic heterocycles. The molecular weight excluding hydrogens is 669 g/mol. The second-order valence-corrected chi connectivity index (χ2v) is 12.7. The summed E-state index contributed by atoms with van der Waals surface area (Å²) in [5, 5.41) is 0. The van der Waals surface area contributed by atoms with Crippen molar-refractivity contribution < 1.29 is 39.7 Å². The Balaban J connectivity index is 1.56. The van der Waals surface area contributed by atoms with E-state index in [1.807, 2.05) is 41.3 Å². The van der Waals surface area contributed by atoms with Gasteiger partial charge in [0, 0.05) is 0 Å². The summed E-state index contributed by atoms with van der Waals surface area (Å²) < 4.78 is 30.0. The van der Waals surface area contributed by atoms with E-state index in [1.165, 1.54) is 37.1 Å². The SMILES string of the molecule is CN([C]([Hg])=NC1=C(C=O)CN(Cc2cc(C(C)(C)F)ccc2F)CC1)C(c1ccccc1)c1ccccc1. The van der Waals surface area contributed by atoms with Gasteiger partial charge < -0.3 is 0 Å². The van der Waals surface area contributed by atoms with Crippen molar-refractivity contribution >= 4 is 9.63 Å². The number of rotatable bonds is 8. The number of aliphatic imine (C=N–C) groups is 1. The Morgan fingerprint density at radius 3 is 2.24 bits per heavy atom. The molecule has 0 radical (unpaired) electrons. The summed E-state index contributed by atoms with van der Waals surface area (Å²) in [6.07, 6.45) is 1.47. The molecule has 0 saturated heterocycles. The number of carbonyl (C=O) groups is 1. The molecule has 38 heavy (non-hydrogen) atoms.